The van der Waals surface area contributed by atoms with Crippen molar-refractivity contribution in [1.82, 2.24) is 0 Å². The van der Waals surface area contributed by atoms with E-state index in [1.54, 1.807) is 11.3 Å². The predicted molar refractivity (Wildman–Crippen MR) is 192 cm³/mol. The van der Waals surface area contributed by atoms with Gasteiger partial charge in [0.25, 0.3) is 0 Å². The Bertz CT molecular complexity index is 1350. The third-order valence-corrected chi connectivity index (χ3v) is 23.0. The monoisotopic (exact) mass is 786 g/mol. The zero-order chi connectivity index (χ0) is 29.4. The first-order chi connectivity index (χ1) is 21.4. The van der Waals surface area contributed by atoms with E-state index >= 15 is 0 Å². The van der Waals surface area contributed by atoms with E-state index in [0.717, 1.165) is 0 Å². The molecule has 1 heterocycles. The normalized spacial score (nSPS) is 10.3. The topological polar surface area (TPSA) is 0 Å². The molecule has 0 bridgehead atoms. The quantitative estimate of drug-likeness (QED) is 0.178. The van der Waals surface area contributed by atoms with E-state index in [-0.39, 0.29) is 0 Å². The molecule has 43 heavy (non-hydrogen) atoms. The van der Waals surface area contributed by atoms with Gasteiger partial charge in [0.1, 0.15) is 0 Å². The van der Waals surface area contributed by atoms with Crippen LogP contribution < -0.4 is 21.5 Å². The van der Waals surface area contributed by atoms with Crippen molar-refractivity contribution >= 4 is 72.3 Å². The SMILES string of the molecule is c1cc[c]([Sn]([c]2ccccc2)[c]2ccccc2)cc1.c1cc[c]([Sn]([c]2ccccc2)[c]2ccccc2)cc1.c1ccsc1. The number of benzene rings is 6. The Morgan fingerprint density at radius 3 is 0.558 bits per heavy atom. The van der Waals surface area contributed by atoms with E-state index in [1.807, 2.05) is 22.9 Å². The maximum absolute atomic E-state index is 2.29. The van der Waals surface area contributed by atoms with Crippen LogP contribution in [0.4, 0.5) is 0 Å². The molecule has 0 atom stereocenters. The van der Waals surface area contributed by atoms with Gasteiger partial charge >= 0.3 is 243 Å². The van der Waals surface area contributed by atoms with Crippen molar-refractivity contribution in [3.8, 4) is 0 Å². The maximum Gasteiger partial charge on any atom is -0.00934 e. The molecule has 7 rings (SSSR count). The summed E-state index contributed by atoms with van der Waals surface area (Å²) in [6.07, 6.45) is 0. The Hall–Kier alpha value is -3.38. The van der Waals surface area contributed by atoms with Crippen LogP contribution in [-0.2, 0) is 0 Å². The average molecular weight is 784 g/mol. The summed E-state index contributed by atoms with van der Waals surface area (Å²) in [4.78, 5) is 0. The Labute approximate surface area is 274 Å². The van der Waals surface area contributed by atoms with Gasteiger partial charge in [0, 0.05) is 0 Å². The van der Waals surface area contributed by atoms with Gasteiger partial charge in [0.15, 0.2) is 0 Å². The van der Waals surface area contributed by atoms with Gasteiger partial charge in [-0.05, 0) is 10.8 Å². The van der Waals surface area contributed by atoms with E-state index in [0.29, 0.717) is 0 Å². The molecule has 6 aromatic carbocycles. The number of hydrogen-bond donors (Lipinski definition) is 0. The summed E-state index contributed by atoms with van der Waals surface area (Å²) < 4.78 is 9.18. The molecule has 0 N–H and O–H groups in total. The summed E-state index contributed by atoms with van der Waals surface area (Å²) in [6, 6.07) is 69.9. The van der Waals surface area contributed by atoms with E-state index in [4.69, 9.17) is 0 Å². The summed E-state index contributed by atoms with van der Waals surface area (Å²) >= 11 is -2.25. The van der Waals surface area contributed by atoms with Crippen LogP contribution in [0.5, 0.6) is 0 Å². The first-order valence-electron chi connectivity index (χ1n) is 14.4. The molecule has 7 aromatic rings. The molecular formula is C40H34SSn2. The van der Waals surface area contributed by atoms with Crippen molar-refractivity contribution in [1.29, 1.82) is 0 Å². The predicted octanol–water partition coefficient (Wildman–Crippen LogP) is 6.15. The molecule has 0 fully saturated rings. The van der Waals surface area contributed by atoms with Gasteiger partial charge in [0.05, 0.1) is 0 Å². The minimum Gasteiger partial charge on any atom is -0.152 e. The summed E-state index contributed by atoms with van der Waals surface area (Å²) in [5, 5.41) is 4.08. The summed E-state index contributed by atoms with van der Waals surface area (Å²) in [5.41, 5.74) is 0. The Morgan fingerprint density at radius 1 is 0.233 bits per heavy atom. The van der Waals surface area contributed by atoms with Crippen molar-refractivity contribution in [3.63, 3.8) is 0 Å². The van der Waals surface area contributed by atoms with Gasteiger partial charge in [-0.15, -0.1) is 0 Å². The first kappa shape index (κ1) is 31.1. The molecule has 0 amide bonds. The molecule has 0 spiro atoms. The second-order valence-electron chi connectivity index (χ2n) is 9.74. The van der Waals surface area contributed by atoms with Crippen molar-refractivity contribution < 1.29 is 0 Å². The van der Waals surface area contributed by atoms with Gasteiger partial charge < -0.3 is 0 Å². The van der Waals surface area contributed by atoms with Gasteiger partial charge in [-0.1, -0.05) is 12.1 Å². The van der Waals surface area contributed by atoms with Crippen LogP contribution in [0.25, 0.3) is 0 Å². The van der Waals surface area contributed by atoms with Crippen molar-refractivity contribution in [2.45, 2.75) is 0 Å². The number of hydrogen-bond acceptors (Lipinski definition) is 1. The molecule has 0 saturated carbocycles. The third kappa shape index (κ3) is 9.55. The fraction of sp³-hybridized carbons (Fsp3) is 0. The first-order valence-corrected chi connectivity index (χ1v) is 23.9. The van der Waals surface area contributed by atoms with E-state index < -0.39 is 39.5 Å². The summed E-state index contributed by atoms with van der Waals surface area (Å²) in [5.74, 6) is 0. The fourth-order valence-electron chi connectivity index (χ4n) is 4.86. The molecule has 0 aliphatic rings. The van der Waals surface area contributed by atoms with Crippen LogP contribution in [0.2, 0.25) is 0 Å². The van der Waals surface area contributed by atoms with Crippen molar-refractivity contribution in [3.05, 3.63) is 205 Å². The molecule has 0 saturated heterocycles. The molecule has 1 aromatic heterocycles. The fourth-order valence-corrected chi connectivity index (χ4v) is 20.0. The van der Waals surface area contributed by atoms with Crippen LogP contribution in [0, 0.1) is 0 Å². The van der Waals surface area contributed by atoms with Crippen molar-refractivity contribution in [2.24, 2.45) is 0 Å². The molecule has 0 nitrogen and oxygen atoms in total. The van der Waals surface area contributed by atoms with Gasteiger partial charge in [-0.2, -0.15) is 11.3 Å². The minimum atomic E-state index is -1.98. The molecule has 208 valence electrons. The molecule has 3 heteroatoms. The maximum atomic E-state index is 2.29. The molecule has 0 unspecified atom stereocenters. The molecular weight excluding hydrogens is 750 g/mol. The molecule has 2 radical (unpaired) electrons. The number of thiophene rings is 1. The third-order valence-electron chi connectivity index (χ3n) is 6.80. The Balaban J connectivity index is 0.000000147. The van der Waals surface area contributed by atoms with Crippen LogP contribution in [0.15, 0.2) is 205 Å². The smallest absolute Gasteiger partial charge is 0.00934 e. The van der Waals surface area contributed by atoms with Crippen LogP contribution >= 0.6 is 11.3 Å². The summed E-state index contributed by atoms with van der Waals surface area (Å²) in [6.45, 7) is 0. The second kappa shape index (κ2) is 17.7. The minimum absolute atomic E-state index is 1.53. The van der Waals surface area contributed by atoms with Gasteiger partial charge in [-0.25, -0.2) is 0 Å². The van der Waals surface area contributed by atoms with E-state index in [1.165, 1.54) is 21.5 Å². The average Bonchev–Trinajstić information content (AvgIpc) is 3.69. The zero-order valence-corrected chi connectivity index (χ0v) is 30.6. The largest absolute Gasteiger partial charge is 0.152 e. The van der Waals surface area contributed by atoms with Crippen LogP contribution in [0.3, 0.4) is 0 Å². The number of rotatable bonds is 6. The molecule has 0 aliphatic carbocycles. The van der Waals surface area contributed by atoms with Crippen molar-refractivity contribution in [2.75, 3.05) is 0 Å². The Kier molecular flexibility index (Phi) is 12.8. The second-order valence-corrected chi connectivity index (χ2v) is 24.7. The van der Waals surface area contributed by atoms with Gasteiger partial charge in [-0.3, -0.25) is 0 Å². The van der Waals surface area contributed by atoms with Crippen LogP contribution in [-0.4, -0.2) is 39.5 Å². The zero-order valence-electron chi connectivity index (χ0n) is 24.0. The van der Waals surface area contributed by atoms with Gasteiger partial charge in [0.2, 0.25) is 0 Å². The van der Waals surface area contributed by atoms with Crippen LogP contribution in [0.1, 0.15) is 0 Å². The Morgan fingerprint density at radius 2 is 0.419 bits per heavy atom. The summed E-state index contributed by atoms with van der Waals surface area (Å²) in [7, 11) is 0. The molecule has 0 aliphatic heterocycles. The standard InChI is InChI=1S/6C6H5.C4H4S.2Sn/c6*1-2-4-6-5-3-1;1-2-4-5-3-1;;/h6*1-5H;1-4H;;. The van der Waals surface area contributed by atoms with E-state index in [9.17, 15) is 0 Å². The van der Waals surface area contributed by atoms with E-state index in [2.05, 4.69) is 182 Å².